The van der Waals surface area contributed by atoms with E-state index >= 15 is 0 Å². The molecule has 1 amide bonds. The second-order valence-corrected chi connectivity index (χ2v) is 5.45. The van der Waals surface area contributed by atoms with Crippen LogP contribution in [-0.2, 0) is 11.2 Å². The molecule has 0 heterocycles. The highest BCUT2D eigenvalue weighted by Gasteiger charge is 2.18. The molecule has 3 heteroatoms. The van der Waals surface area contributed by atoms with Gasteiger partial charge in [0.05, 0.1) is 0 Å². The highest BCUT2D eigenvalue weighted by molar-refractivity contribution is 9.10. The highest BCUT2D eigenvalue weighted by atomic mass is 79.9. The molecule has 0 aliphatic heterocycles. The molecule has 0 aromatic heterocycles. The fraction of sp³-hybridized carbons (Fsp3) is 0.133. The molecule has 18 heavy (non-hydrogen) atoms. The summed E-state index contributed by atoms with van der Waals surface area (Å²) in [4.78, 5) is 11.1. The van der Waals surface area contributed by atoms with Crippen molar-refractivity contribution in [3.8, 4) is 11.1 Å². The van der Waals surface area contributed by atoms with E-state index in [1.165, 1.54) is 29.2 Å². The zero-order valence-corrected chi connectivity index (χ0v) is 11.5. The van der Waals surface area contributed by atoms with Crippen LogP contribution < -0.4 is 5.32 Å². The Morgan fingerprint density at radius 3 is 2.50 bits per heavy atom. The Morgan fingerprint density at radius 1 is 1.11 bits per heavy atom. The first-order valence-corrected chi connectivity index (χ1v) is 6.62. The number of amides is 1. The molecule has 90 valence electrons. The van der Waals surface area contributed by atoms with E-state index in [9.17, 15) is 4.79 Å². The summed E-state index contributed by atoms with van der Waals surface area (Å²) >= 11 is 3.50. The first kappa shape index (κ1) is 11.5. The van der Waals surface area contributed by atoms with Crippen LogP contribution in [-0.4, -0.2) is 5.91 Å². The third kappa shape index (κ3) is 1.95. The summed E-state index contributed by atoms with van der Waals surface area (Å²) in [5, 5.41) is 2.82. The van der Waals surface area contributed by atoms with Gasteiger partial charge in [-0.05, 0) is 52.9 Å². The van der Waals surface area contributed by atoms with Gasteiger partial charge in [-0.3, -0.25) is 4.79 Å². The first-order chi connectivity index (χ1) is 8.63. The lowest BCUT2D eigenvalue weighted by Gasteiger charge is -2.05. The minimum absolute atomic E-state index is 0.0341. The van der Waals surface area contributed by atoms with Gasteiger partial charge in [-0.25, -0.2) is 0 Å². The Morgan fingerprint density at radius 2 is 1.78 bits per heavy atom. The van der Waals surface area contributed by atoms with Gasteiger partial charge in [0.1, 0.15) is 0 Å². The summed E-state index contributed by atoms with van der Waals surface area (Å²) in [5.74, 6) is -0.0341. The maximum Gasteiger partial charge on any atom is 0.221 e. The lowest BCUT2D eigenvalue weighted by atomic mass is 10.1. The van der Waals surface area contributed by atoms with Gasteiger partial charge in [-0.2, -0.15) is 0 Å². The SMILES string of the molecule is CC(=O)Nc1ccc2c(c1)Cc1cc(Br)ccc1-2. The Balaban J connectivity index is 2.03. The van der Waals surface area contributed by atoms with E-state index in [1.807, 2.05) is 6.07 Å². The fourth-order valence-corrected chi connectivity index (χ4v) is 2.87. The molecule has 0 spiro atoms. The average molecular weight is 302 g/mol. The van der Waals surface area contributed by atoms with Crippen LogP contribution in [0, 0.1) is 0 Å². The van der Waals surface area contributed by atoms with Crippen LogP contribution in [0.2, 0.25) is 0 Å². The zero-order valence-electron chi connectivity index (χ0n) is 9.96. The standard InChI is InChI=1S/C15H12BrNO/c1-9(18)17-13-3-5-15-11(8-13)6-10-7-12(16)2-4-14(10)15/h2-5,7-8H,6H2,1H3,(H,17,18). The largest absolute Gasteiger partial charge is 0.326 e. The van der Waals surface area contributed by atoms with Crippen LogP contribution in [0.15, 0.2) is 40.9 Å². The summed E-state index contributed by atoms with van der Waals surface area (Å²) in [5.41, 5.74) is 6.04. The number of hydrogen-bond donors (Lipinski definition) is 1. The third-order valence-corrected chi connectivity index (χ3v) is 3.66. The van der Waals surface area contributed by atoms with Crippen molar-refractivity contribution in [3.63, 3.8) is 0 Å². The van der Waals surface area contributed by atoms with E-state index in [2.05, 4.69) is 51.6 Å². The van der Waals surface area contributed by atoms with Crippen molar-refractivity contribution in [2.45, 2.75) is 13.3 Å². The number of benzene rings is 2. The predicted octanol–water partition coefficient (Wildman–Crippen LogP) is 3.98. The molecule has 1 N–H and O–H groups in total. The van der Waals surface area contributed by atoms with Crippen LogP contribution in [0.1, 0.15) is 18.1 Å². The Labute approximate surface area is 114 Å². The number of fused-ring (bicyclic) bond motifs is 3. The molecule has 0 saturated carbocycles. The van der Waals surface area contributed by atoms with Crippen molar-refractivity contribution in [2.24, 2.45) is 0 Å². The van der Waals surface area contributed by atoms with Crippen molar-refractivity contribution in [2.75, 3.05) is 5.32 Å². The first-order valence-electron chi connectivity index (χ1n) is 5.83. The molecule has 3 rings (SSSR count). The molecule has 0 unspecified atom stereocenters. The molecule has 2 nitrogen and oxygen atoms in total. The predicted molar refractivity (Wildman–Crippen MR) is 76.7 cm³/mol. The van der Waals surface area contributed by atoms with Crippen LogP contribution >= 0.6 is 15.9 Å². The van der Waals surface area contributed by atoms with Crippen LogP contribution in [0.4, 0.5) is 5.69 Å². The van der Waals surface area contributed by atoms with E-state index in [0.29, 0.717) is 0 Å². The summed E-state index contributed by atoms with van der Waals surface area (Å²) in [6.45, 7) is 1.53. The normalized spacial score (nSPS) is 11.9. The number of carbonyl (C=O) groups is 1. The second-order valence-electron chi connectivity index (χ2n) is 4.53. The maximum atomic E-state index is 11.1. The van der Waals surface area contributed by atoms with Gasteiger partial charge in [0.25, 0.3) is 0 Å². The molecule has 0 fully saturated rings. The van der Waals surface area contributed by atoms with Crippen molar-refractivity contribution in [3.05, 3.63) is 52.0 Å². The van der Waals surface area contributed by atoms with E-state index in [1.54, 1.807) is 0 Å². The van der Waals surface area contributed by atoms with Gasteiger partial charge in [-0.1, -0.05) is 28.1 Å². The van der Waals surface area contributed by atoms with Crippen molar-refractivity contribution in [1.29, 1.82) is 0 Å². The van der Waals surface area contributed by atoms with Crippen LogP contribution in [0.5, 0.6) is 0 Å². The van der Waals surface area contributed by atoms with Gasteiger partial charge < -0.3 is 5.32 Å². The quantitative estimate of drug-likeness (QED) is 0.724. The number of rotatable bonds is 1. The molecular weight excluding hydrogens is 290 g/mol. The fourth-order valence-electron chi connectivity index (χ4n) is 2.46. The number of hydrogen-bond acceptors (Lipinski definition) is 1. The summed E-state index contributed by atoms with van der Waals surface area (Å²) in [6, 6.07) is 12.5. The van der Waals surface area contributed by atoms with Crippen molar-refractivity contribution < 1.29 is 4.79 Å². The van der Waals surface area contributed by atoms with E-state index in [-0.39, 0.29) is 5.91 Å². The highest BCUT2D eigenvalue weighted by Crippen LogP contribution is 2.38. The molecule has 1 aliphatic rings. The number of halogens is 1. The minimum atomic E-state index is -0.0341. The van der Waals surface area contributed by atoms with Gasteiger partial charge in [0, 0.05) is 17.1 Å². The Hall–Kier alpha value is -1.61. The molecule has 0 radical (unpaired) electrons. The van der Waals surface area contributed by atoms with Crippen molar-refractivity contribution >= 4 is 27.5 Å². The Kier molecular flexibility index (Phi) is 2.71. The molecule has 2 aromatic carbocycles. The minimum Gasteiger partial charge on any atom is -0.326 e. The van der Waals surface area contributed by atoms with Gasteiger partial charge in [0.15, 0.2) is 0 Å². The zero-order chi connectivity index (χ0) is 12.7. The van der Waals surface area contributed by atoms with Crippen LogP contribution in [0.25, 0.3) is 11.1 Å². The summed E-state index contributed by atoms with van der Waals surface area (Å²) < 4.78 is 1.11. The van der Waals surface area contributed by atoms with Gasteiger partial charge in [0.2, 0.25) is 5.91 Å². The Bertz CT molecular complexity index is 649. The maximum absolute atomic E-state index is 11.1. The van der Waals surface area contributed by atoms with Crippen molar-refractivity contribution in [1.82, 2.24) is 0 Å². The molecular formula is C15H12BrNO. The lowest BCUT2D eigenvalue weighted by Crippen LogP contribution is -2.05. The summed E-state index contributed by atoms with van der Waals surface area (Å²) in [7, 11) is 0. The molecule has 2 aromatic rings. The average Bonchev–Trinajstić information content (AvgIpc) is 2.64. The van der Waals surface area contributed by atoms with E-state index < -0.39 is 0 Å². The molecule has 1 aliphatic carbocycles. The van der Waals surface area contributed by atoms with E-state index in [0.717, 1.165) is 16.6 Å². The topological polar surface area (TPSA) is 29.1 Å². The number of carbonyl (C=O) groups excluding carboxylic acids is 1. The van der Waals surface area contributed by atoms with Gasteiger partial charge in [-0.15, -0.1) is 0 Å². The molecule has 0 bridgehead atoms. The van der Waals surface area contributed by atoms with E-state index in [4.69, 9.17) is 0 Å². The number of anilines is 1. The summed E-state index contributed by atoms with van der Waals surface area (Å²) in [6.07, 6.45) is 0.928. The second kappa shape index (κ2) is 4.25. The number of nitrogens with one attached hydrogen (secondary N) is 1. The molecule has 0 saturated heterocycles. The monoisotopic (exact) mass is 301 g/mol. The third-order valence-electron chi connectivity index (χ3n) is 3.16. The van der Waals surface area contributed by atoms with Crippen LogP contribution in [0.3, 0.4) is 0 Å². The smallest absolute Gasteiger partial charge is 0.221 e. The lowest BCUT2D eigenvalue weighted by molar-refractivity contribution is -0.114. The van der Waals surface area contributed by atoms with Gasteiger partial charge >= 0.3 is 0 Å². The molecule has 0 atom stereocenters.